The minimum Gasteiger partial charge on any atom is -1.00 e. The smallest absolute Gasteiger partial charge is 1.00 e. The van der Waals surface area contributed by atoms with Gasteiger partial charge in [0.2, 0.25) is 0 Å². The van der Waals surface area contributed by atoms with Crippen LogP contribution in [0, 0.1) is 71.0 Å². The van der Waals surface area contributed by atoms with Crippen molar-refractivity contribution >= 4 is 6.16 Å². The monoisotopic (exact) mass is 454 g/mol. The van der Waals surface area contributed by atoms with Crippen LogP contribution < -0.4 is 80.9 Å². The van der Waals surface area contributed by atoms with E-state index in [2.05, 4.69) is 39.4 Å². The largest absolute Gasteiger partial charge is 1.00 e. The van der Waals surface area contributed by atoms with Gasteiger partial charge in [0, 0.05) is 56.5 Å². The minimum atomic E-state index is -1.83. The van der Waals surface area contributed by atoms with Crippen molar-refractivity contribution in [2.75, 3.05) is 0 Å². The van der Waals surface area contributed by atoms with Crippen LogP contribution in [0.2, 0.25) is 0 Å². The molecule has 0 bridgehead atoms. The number of nitriles is 6. The van der Waals surface area contributed by atoms with E-state index in [-0.39, 0.29) is 112 Å². The Labute approximate surface area is 236 Å². The standard InChI is InChI=1S/C6H6O2.6CHN.CH2O3.Fe.K.Na.2H/c7-5-1-2-6(8)4-3-5;6*1-2;2-1(3)4;;;;;/h1-4,7-8H;6*1H;(H2,2,3,4);;;;;/q;;;;;;;;;2*+1;2*-1. The Balaban J connectivity index is -0.0000000123. The van der Waals surface area contributed by atoms with Crippen molar-refractivity contribution in [2.24, 2.45) is 0 Å². The van der Waals surface area contributed by atoms with Crippen molar-refractivity contribution < 1.29 is 126 Å². The fourth-order valence-electron chi connectivity index (χ4n) is 0.453. The van der Waals surface area contributed by atoms with E-state index in [1.807, 2.05) is 0 Å². The van der Waals surface area contributed by atoms with Crippen LogP contribution in [-0.4, -0.2) is 26.6 Å². The predicted molar refractivity (Wildman–Crippen MR) is 82.7 cm³/mol. The maximum absolute atomic E-state index is 8.65. The molecule has 0 aliphatic rings. The quantitative estimate of drug-likeness (QED) is 0.220. The number of phenols is 2. The van der Waals surface area contributed by atoms with E-state index in [4.69, 9.17) is 56.8 Å². The second kappa shape index (κ2) is 104. The van der Waals surface area contributed by atoms with Gasteiger partial charge in [0.15, 0.2) is 0 Å². The molecule has 0 aliphatic carbocycles. The maximum Gasteiger partial charge on any atom is 1.00 e. The number of benzene rings is 1. The number of carboxylic acid groups (broad SMARTS) is 2. The molecular weight excluding hydrogens is 438 g/mol. The van der Waals surface area contributed by atoms with E-state index >= 15 is 0 Å². The zero-order valence-corrected chi connectivity index (χ0v) is 20.7. The first-order valence-corrected chi connectivity index (χ1v) is 4.47. The van der Waals surface area contributed by atoms with Crippen molar-refractivity contribution in [3.05, 3.63) is 24.3 Å². The fourth-order valence-corrected chi connectivity index (χ4v) is 0.453. The Morgan fingerprint density at radius 1 is 0.667 bits per heavy atom. The fraction of sp³-hybridized carbons (Fsp3) is 0. The van der Waals surface area contributed by atoms with E-state index in [1.54, 1.807) is 0 Å². The predicted octanol–water partition coefficient (Wildman–Crippen LogP) is -3.61. The molecule has 0 aliphatic heterocycles. The van der Waals surface area contributed by atoms with Gasteiger partial charge in [-0.25, -0.2) is 36.4 Å². The number of rotatable bonds is 0. The van der Waals surface area contributed by atoms with E-state index < -0.39 is 6.16 Å². The average molecular weight is 454 g/mol. The summed E-state index contributed by atoms with van der Waals surface area (Å²) in [5.41, 5.74) is 0. The Hall–Kier alpha value is -1.81. The number of hydrogen-bond acceptors (Lipinski definition) is 9. The Morgan fingerprint density at radius 2 is 0.741 bits per heavy atom. The third kappa shape index (κ3) is 178. The molecule has 0 unspecified atom stereocenters. The molecular formula is C13H16FeKN6NaO5. The molecule has 0 saturated carbocycles. The number of hydrogen-bond donors (Lipinski definition) is 4. The van der Waals surface area contributed by atoms with E-state index in [0.717, 1.165) is 0 Å². The maximum atomic E-state index is 8.65. The normalized spacial score (nSPS) is 4.00. The molecule has 0 amide bonds. The number of carbonyl (C=O) groups is 1. The second-order valence-corrected chi connectivity index (χ2v) is 1.80. The zero-order valence-electron chi connectivity index (χ0n) is 16.5. The summed E-state index contributed by atoms with van der Waals surface area (Å²) in [6.45, 7) is 21.0. The van der Waals surface area contributed by atoms with E-state index in [9.17, 15) is 0 Å². The van der Waals surface area contributed by atoms with Gasteiger partial charge in [-0.2, -0.15) is 0 Å². The van der Waals surface area contributed by atoms with Crippen LogP contribution in [0.15, 0.2) is 24.3 Å². The van der Waals surface area contributed by atoms with Crippen LogP contribution in [0.1, 0.15) is 2.85 Å². The third-order valence-electron chi connectivity index (χ3n) is 0.850. The Kier molecular flexibility index (Phi) is 246. The summed E-state index contributed by atoms with van der Waals surface area (Å²) >= 11 is 0. The van der Waals surface area contributed by atoms with Crippen LogP contribution in [0.3, 0.4) is 0 Å². The molecule has 0 radical (unpaired) electrons. The molecule has 0 spiro atoms. The summed E-state index contributed by atoms with van der Waals surface area (Å²) in [5.74, 6) is 0.339. The van der Waals surface area contributed by atoms with Gasteiger partial charge >= 0.3 is 87.1 Å². The summed E-state index contributed by atoms with van der Waals surface area (Å²) in [5, 5.41) is 70.2. The first-order chi connectivity index (χ1) is 11.5. The van der Waals surface area contributed by atoms with Gasteiger partial charge in [-0.1, -0.05) is 0 Å². The molecule has 0 heterocycles. The summed E-state index contributed by atoms with van der Waals surface area (Å²) in [6, 6.07) is 5.70. The van der Waals surface area contributed by atoms with E-state index in [1.165, 1.54) is 24.3 Å². The van der Waals surface area contributed by atoms with Crippen molar-refractivity contribution in [3.8, 4) is 50.9 Å². The summed E-state index contributed by atoms with van der Waals surface area (Å²) in [6.07, 6.45) is -1.83. The molecule has 0 fully saturated rings. The second-order valence-electron chi connectivity index (χ2n) is 1.80. The molecule has 1 aromatic rings. The number of aromatic hydroxyl groups is 2. The van der Waals surface area contributed by atoms with Gasteiger partial charge < -0.3 is 23.3 Å². The van der Waals surface area contributed by atoms with Gasteiger partial charge in [-0.15, -0.1) is 0 Å². The molecule has 27 heavy (non-hydrogen) atoms. The summed E-state index contributed by atoms with van der Waals surface area (Å²) in [7, 11) is 0. The number of nitrogens with zero attached hydrogens (tertiary/aromatic N) is 6. The molecule has 138 valence electrons. The number of phenolic OH excluding ortho intramolecular Hbond substituents is 2. The van der Waals surface area contributed by atoms with Crippen molar-refractivity contribution in [3.63, 3.8) is 0 Å². The third-order valence-corrected chi connectivity index (χ3v) is 0.850. The van der Waals surface area contributed by atoms with Crippen molar-refractivity contribution in [1.82, 2.24) is 0 Å². The van der Waals surface area contributed by atoms with Crippen LogP contribution in [0.4, 0.5) is 4.79 Å². The topological polar surface area (TPSA) is 241 Å². The first kappa shape index (κ1) is 63.9. The molecule has 0 saturated heterocycles. The molecule has 14 heteroatoms. The van der Waals surface area contributed by atoms with Gasteiger partial charge in [-0.3, -0.25) is 0 Å². The molecule has 1 aromatic carbocycles. The molecule has 1 rings (SSSR count). The summed E-state index contributed by atoms with van der Waals surface area (Å²) < 4.78 is 0. The van der Waals surface area contributed by atoms with Crippen molar-refractivity contribution in [2.45, 2.75) is 0 Å². The first-order valence-electron chi connectivity index (χ1n) is 4.47. The Bertz CT molecular complexity index is 431. The van der Waals surface area contributed by atoms with E-state index in [0.29, 0.717) is 0 Å². The zero-order chi connectivity index (χ0) is 21.6. The summed E-state index contributed by atoms with van der Waals surface area (Å²) in [4.78, 5) is 8.56. The minimum absolute atomic E-state index is 0. The molecule has 11 nitrogen and oxygen atoms in total. The molecule has 0 atom stereocenters. The average Bonchev–Trinajstić information content (AvgIpc) is 2.67. The van der Waals surface area contributed by atoms with Gasteiger partial charge in [0.1, 0.15) is 11.5 Å². The van der Waals surface area contributed by atoms with Crippen LogP contribution >= 0.6 is 0 Å². The Morgan fingerprint density at radius 3 is 0.815 bits per heavy atom. The molecule has 0 aromatic heterocycles. The van der Waals surface area contributed by atoms with Gasteiger partial charge in [0.25, 0.3) is 0 Å². The van der Waals surface area contributed by atoms with Crippen LogP contribution in [0.5, 0.6) is 11.5 Å². The van der Waals surface area contributed by atoms with Gasteiger partial charge in [-0.05, 0) is 24.3 Å². The van der Waals surface area contributed by atoms with Gasteiger partial charge in [0.05, 0.1) is 0 Å². The van der Waals surface area contributed by atoms with Crippen LogP contribution in [-0.2, 0) is 17.1 Å². The van der Waals surface area contributed by atoms with Crippen molar-refractivity contribution in [1.29, 1.82) is 31.6 Å². The molecule has 4 N–H and O–H groups in total. The SMILES string of the molecule is C#N.C#N.C#N.C#N.C#N.C#N.O=C(O)O.Oc1ccc(O)cc1.[Fe].[H-].[H-].[K+].[Na+]. The van der Waals surface area contributed by atoms with Crippen LogP contribution in [0.25, 0.3) is 0 Å².